The van der Waals surface area contributed by atoms with Gasteiger partial charge in [0.25, 0.3) is 6.71 Å². The monoisotopic (exact) mass is 1000 g/mol. The van der Waals surface area contributed by atoms with Gasteiger partial charge in [0, 0.05) is 45.0 Å². The van der Waals surface area contributed by atoms with Gasteiger partial charge in [-0.25, -0.2) is 0 Å². The first-order chi connectivity index (χ1) is 41.0. The largest absolute Gasteiger partial charge is 0.310 e. The van der Waals surface area contributed by atoms with Gasteiger partial charge >= 0.3 is 0 Å². The van der Waals surface area contributed by atoms with Crippen molar-refractivity contribution in [1.29, 1.82) is 0 Å². The molecular formula is C75H55BN2. The van der Waals surface area contributed by atoms with Crippen LogP contribution in [0, 0.1) is 20.8 Å². The second-order valence-electron chi connectivity index (χ2n) is 20.5. The van der Waals surface area contributed by atoms with E-state index in [1.807, 2.05) is 133 Å². The van der Waals surface area contributed by atoms with Crippen molar-refractivity contribution < 1.29 is 8.22 Å². The zero-order valence-corrected chi connectivity index (χ0v) is 43.6. The highest BCUT2D eigenvalue weighted by Gasteiger charge is 2.45. The Morgan fingerprint density at radius 3 is 0.962 bits per heavy atom. The number of hydrogen-bond donors (Lipinski definition) is 0. The molecule has 0 aliphatic carbocycles. The van der Waals surface area contributed by atoms with Crippen LogP contribution in [0.15, 0.2) is 279 Å². The second kappa shape index (κ2) is 19.5. The van der Waals surface area contributed by atoms with Crippen molar-refractivity contribution in [1.82, 2.24) is 0 Å². The molecule has 3 heteroatoms. The fourth-order valence-corrected chi connectivity index (χ4v) is 12.4. The molecule has 0 N–H and O–H groups in total. The van der Waals surface area contributed by atoms with Crippen LogP contribution in [0.1, 0.15) is 24.9 Å². The van der Waals surface area contributed by atoms with Crippen molar-refractivity contribution in [3.63, 3.8) is 0 Å². The van der Waals surface area contributed by atoms with Gasteiger partial charge in [0.05, 0.1) is 19.6 Å². The van der Waals surface area contributed by atoms with Crippen LogP contribution in [-0.2, 0) is 0 Å². The highest BCUT2D eigenvalue weighted by molar-refractivity contribution is 7.00. The van der Waals surface area contributed by atoms with E-state index in [2.05, 4.69) is 140 Å². The summed E-state index contributed by atoms with van der Waals surface area (Å²) in [6.07, 6.45) is 0. The summed E-state index contributed by atoms with van der Waals surface area (Å²) in [6, 6.07) is 82.4. The summed E-state index contributed by atoms with van der Waals surface area (Å²) in [6.45, 7) is 6.01. The van der Waals surface area contributed by atoms with Crippen molar-refractivity contribution in [3.8, 4) is 77.9 Å². The number of aryl methyl sites for hydroxylation is 3. The number of nitrogens with zero attached hydrogens (tertiary/aromatic N) is 2. The molecule has 0 bridgehead atoms. The molecular weight excluding hydrogens is 940 g/mol. The molecule has 0 unspecified atom stereocenters. The van der Waals surface area contributed by atoms with Gasteiger partial charge in [0.15, 0.2) is 0 Å². The zero-order chi connectivity index (χ0) is 57.5. The van der Waals surface area contributed by atoms with E-state index in [4.69, 9.17) is 0 Å². The third kappa shape index (κ3) is 7.97. The summed E-state index contributed by atoms with van der Waals surface area (Å²) in [5, 5.41) is 0. The molecule has 0 saturated heterocycles. The third-order valence-corrected chi connectivity index (χ3v) is 15.6. The summed E-state index contributed by atoms with van der Waals surface area (Å²) in [4.78, 5) is 4.59. The average Bonchev–Trinajstić information content (AvgIpc) is 0.723. The summed E-state index contributed by atoms with van der Waals surface area (Å²) in [7, 11) is 0. The molecule has 12 aromatic carbocycles. The molecule has 2 nitrogen and oxygen atoms in total. The smallest absolute Gasteiger partial charge is 0.252 e. The van der Waals surface area contributed by atoms with E-state index >= 15 is 0 Å². The van der Waals surface area contributed by atoms with Gasteiger partial charge < -0.3 is 9.80 Å². The predicted molar refractivity (Wildman–Crippen MR) is 333 cm³/mol. The predicted octanol–water partition coefficient (Wildman–Crippen LogP) is 18.4. The van der Waals surface area contributed by atoms with Crippen molar-refractivity contribution >= 4 is 57.2 Å². The van der Waals surface area contributed by atoms with Crippen molar-refractivity contribution in [2.24, 2.45) is 0 Å². The van der Waals surface area contributed by atoms with E-state index in [-0.39, 0.29) is 36.3 Å². The summed E-state index contributed by atoms with van der Waals surface area (Å²) >= 11 is 0. The van der Waals surface area contributed by atoms with Gasteiger partial charge in [-0.2, -0.15) is 0 Å². The molecule has 0 aromatic heterocycles. The molecule has 0 fully saturated rings. The molecule has 14 rings (SSSR count). The van der Waals surface area contributed by atoms with E-state index in [9.17, 15) is 8.22 Å². The number of hydrogen-bond acceptors (Lipinski definition) is 2. The average molecular weight is 1000 g/mol. The molecule has 0 amide bonds. The second-order valence-corrected chi connectivity index (χ2v) is 20.5. The van der Waals surface area contributed by atoms with E-state index in [0.29, 0.717) is 33.6 Å². The lowest BCUT2D eigenvalue weighted by Crippen LogP contribution is -2.61. The van der Waals surface area contributed by atoms with Crippen LogP contribution in [0.25, 0.3) is 77.9 Å². The first kappa shape index (κ1) is 40.6. The fraction of sp³-hybridized carbons (Fsp3) is 0.0400. The number of anilines is 6. The summed E-state index contributed by atoms with van der Waals surface area (Å²) in [5.74, 6) is 0. The van der Waals surface area contributed by atoms with Crippen LogP contribution in [-0.4, -0.2) is 6.71 Å². The van der Waals surface area contributed by atoms with Gasteiger partial charge in [-0.15, -0.1) is 0 Å². The first-order valence-electron chi connectivity index (χ1n) is 29.7. The highest BCUT2D eigenvalue weighted by atomic mass is 15.2. The fourth-order valence-electron chi connectivity index (χ4n) is 12.4. The van der Waals surface area contributed by atoms with Crippen LogP contribution in [0.3, 0.4) is 0 Å². The Labute approximate surface area is 467 Å². The minimum atomic E-state index is -0.447. The normalized spacial score (nSPS) is 13.3. The van der Waals surface area contributed by atoms with E-state index < -0.39 is 6.71 Å². The van der Waals surface area contributed by atoms with Crippen LogP contribution >= 0.6 is 0 Å². The minimum Gasteiger partial charge on any atom is -0.310 e. The van der Waals surface area contributed by atoms with Crippen LogP contribution < -0.4 is 26.2 Å². The molecule has 78 heavy (non-hydrogen) atoms. The van der Waals surface area contributed by atoms with Crippen LogP contribution in [0.5, 0.6) is 0 Å². The number of benzene rings is 12. The van der Waals surface area contributed by atoms with Gasteiger partial charge in [-0.05, 0) is 128 Å². The Kier molecular flexibility index (Phi) is 10.1. The molecule has 368 valence electrons. The third-order valence-electron chi connectivity index (χ3n) is 15.6. The van der Waals surface area contributed by atoms with Crippen molar-refractivity contribution in [2.45, 2.75) is 20.8 Å². The minimum absolute atomic E-state index is 0.0541. The lowest BCUT2D eigenvalue weighted by Gasteiger charge is -2.46. The van der Waals surface area contributed by atoms with Gasteiger partial charge in [0.1, 0.15) is 0 Å². The Morgan fingerprint density at radius 2 is 0.628 bits per heavy atom. The maximum absolute atomic E-state index is 10.1. The Balaban J connectivity index is 1.23. The van der Waals surface area contributed by atoms with Gasteiger partial charge in [-0.1, -0.05) is 260 Å². The first-order valence-corrected chi connectivity index (χ1v) is 26.7. The molecule has 0 atom stereocenters. The Hall–Kier alpha value is -9.70. The van der Waals surface area contributed by atoms with Crippen LogP contribution in [0.4, 0.5) is 34.1 Å². The van der Waals surface area contributed by atoms with E-state index in [0.717, 1.165) is 111 Å². The lowest BCUT2D eigenvalue weighted by molar-refractivity contribution is 1.25. The standard InChI is InChI=1S/C75H55BN2/c1-50-44-51(2)72(52(3)45-50)61-48-70-73-71(49-61)78(75-64(57-32-18-8-19-33-57)38-23-39-65(75)58-34-20-9-21-35-58)69-43-41-60(54-26-12-5-13-27-54)47-67(69)76(73)66-46-59(53-24-10-4-11-25-53)40-42-68(66)77(70)74-62(55-28-14-6-15-29-55)36-22-37-63(74)56-30-16-7-17-31-56/h4-49H,1-3H3/i22D,23D,36D,37D,38D,39D. The number of para-hydroxylation sites is 2. The maximum atomic E-state index is 10.1. The Morgan fingerprint density at radius 1 is 0.308 bits per heavy atom. The maximum Gasteiger partial charge on any atom is 0.252 e. The lowest BCUT2D eigenvalue weighted by atomic mass is 9.33. The molecule has 0 radical (unpaired) electrons. The summed E-state index contributed by atoms with van der Waals surface area (Å²) < 4.78 is 59.7. The molecule has 2 aliphatic rings. The Bertz CT molecular complexity index is 4160. The number of rotatable bonds is 9. The molecule has 2 heterocycles. The van der Waals surface area contributed by atoms with Crippen LogP contribution in [0.2, 0.25) is 0 Å². The highest BCUT2D eigenvalue weighted by Crippen LogP contribution is 2.54. The molecule has 12 aromatic rings. The van der Waals surface area contributed by atoms with Gasteiger partial charge in [-0.3, -0.25) is 0 Å². The SMILES string of the molecule is [2H]c1c([2H])c(-c2ccccc2)c(N2c3ccc(-c4ccccc4)cc3B3c4cc(-c5ccccc5)ccc4N(c4c(-c5ccccc5)c([2H])c([2H])c([2H])c4-c4ccccc4)c4cc(-c5c(C)cc(C)cc5C)cc2c43)c(-c2ccccc2)c1[2H]. The van der Waals surface area contributed by atoms with E-state index in [1.54, 1.807) is 0 Å². The van der Waals surface area contributed by atoms with Crippen molar-refractivity contribution in [3.05, 3.63) is 296 Å². The topological polar surface area (TPSA) is 6.48 Å². The van der Waals surface area contributed by atoms with E-state index in [1.165, 1.54) is 0 Å². The zero-order valence-electron chi connectivity index (χ0n) is 49.6. The van der Waals surface area contributed by atoms with Crippen molar-refractivity contribution in [2.75, 3.05) is 9.80 Å². The molecule has 0 spiro atoms. The van der Waals surface area contributed by atoms with Gasteiger partial charge in [0.2, 0.25) is 0 Å². The summed E-state index contributed by atoms with van der Waals surface area (Å²) in [5.41, 5.74) is 22.0. The quantitative estimate of drug-likeness (QED) is 0.133. The molecule has 2 aliphatic heterocycles. The number of fused-ring (bicyclic) bond motifs is 4. The molecule has 0 saturated carbocycles.